The van der Waals surface area contributed by atoms with Crippen LogP contribution in [0.1, 0.15) is 11.3 Å². The molecule has 0 amide bonds. The third-order valence-electron chi connectivity index (χ3n) is 2.00. The van der Waals surface area contributed by atoms with Gasteiger partial charge in [-0.2, -0.15) is 0 Å². The third-order valence-corrected chi connectivity index (χ3v) is 3.04. The van der Waals surface area contributed by atoms with E-state index in [2.05, 4.69) is 4.98 Å². The van der Waals surface area contributed by atoms with Gasteiger partial charge in [-0.25, -0.2) is 9.37 Å². The minimum atomic E-state index is -0.481. The molecule has 0 unspecified atom stereocenters. The molecule has 0 saturated carbocycles. The normalized spacial score (nSPS) is 11.5. The zero-order chi connectivity index (χ0) is 10.8. The number of hydrogen-bond acceptors (Lipinski definition) is 4. The van der Waals surface area contributed by atoms with Crippen molar-refractivity contribution in [1.29, 1.82) is 0 Å². The number of aromatic nitrogens is 1. The molecule has 0 bridgehead atoms. The number of fused-ring (bicyclic) bond motifs is 1. The first kappa shape index (κ1) is 10.5. The summed E-state index contributed by atoms with van der Waals surface area (Å²) in [7, 11) is 3.08. The molecule has 0 N–H and O–H groups in total. The molecule has 0 spiro atoms. The monoisotopic (exact) mass is 227 g/mol. The van der Waals surface area contributed by atoms with Crippen LogP contribution in [0.5, 0.6) is 0 Å². The van der Waals surface area contributed by atoms with Crippen LogP contribution in [-0.4, -0.2) is 19.2 Å². The lowest BCUT2D eigenvalue weighted by molar-refractivity contribution is -0.105. The maximum atomic E-state index is 12.9. The quantitative estimate of drug-likeness (QED) is 0.755. The van der Waals surface area contributed by atoms with E-state index in [1.165, 1.54) is 23.5 Å². The second-order valence-corrected chi connectivity index (χ2v) is 4.03. The second-order valence-electron chi connectivity index (χ2n) is 2.97. The van der Waals surface area contributed by atoms with Crippen molar-refractivity contribution in [3.8, 4) is 0 Å². The van der Waals surface area contributed by atoms with Crippen molar-refractivity contribution in [3.63, 3.8) is 0 Å². The van der Waals surface area contributed by atoms with Gasteiger partial charge in [0.25, 0.3) is 0 Å². The van der Waals surface area contributed by atoms with E-state index in [-0.39, 0.29) is 5.82 Å². The highest BCUT2D eigenvalue weighted by atomic mass is 32.1. The van der Waals surface area contributed by atoms with Crippen molar-refractivity contribution in [2.75, 3.05) is 14.2 Å². The zero-order valence-electron chi connectivity index (χ0n) is 8.36. The van der Waals surface area contributed by atoms with Gasteiger partial charge >= 0.3 is 0 Å². The van der Waals surface area contributed by atoms with E-state index in [1.54, 1.807) is 20.3 Å². The largest absolute Gasteiger partial charge is 0.350 e. The number of nitrogens with zero attached hydrogens (tertiary/aromatic N) is 1. The third kappa shape index (κ3) is 1.99. The highest BCUT2D eigenvalue weighted by Crippen LogP contribution is 2.28. The SMILES string of the molecule is COC(OC)c1nc2ccc(F)cc2s1. The van der Waals surface area contributed by atoms with Crippen LogP contribution in [0.4, 0.5) is 4.39 Å². The van der Waals surface area contributed by atoms with Crippen LogP contribution in [0.3, 0.4) is 0 Å². The molecule has 3 nitrogen and oxygen atoms in total. The Labute approximate surface area is 90.5 Å². The first-order valence-electron chi connectivity index (χ1n) is 4.36. The van der Waals surface area contributed by atoms with E-state index in [1.807, 2.05) is 0 Å². The standard InChI is InChI=1S/C10H10FNO2S/c1-13-10(14-2)9-12-7-4-3-6(11)5-8(7)15-9/h3-5,10H,1-2H3. The summed E-state index contributed by atoms with van der Waals surface area (Å²) in [5.41, 5.74) is 0.760. The molecule has 2 rings (SSSR count). The van der Waals surface area contributed by atoms with Crippen LogP contribution < -0.4 is 0 Å². The van der Waals surface area contributed by atoms with Crippen LogP contribution in [-0.2, 0) is 9.47 Å². The van der Waals surface area contributed by atoms with Crippen molar-refractivity contribution in [3.05, 3.63) is 29.0 Å². The van der Waals surface area contributed by atoms with Crippen molar-refractivity contribution in [2.45, 2.75) is 6.29 Å². The molecule has 0 aliphatic carbocycles. The molecular formula is C10H10FNO2S. The molecule has 2 aromatic rings. The highest BCUT2D eigenvalue weighted by molar-refractivity contribution is 7.18. The smallest absolute Gasteiger partial charge is 0.210 e. The van der Waals surface area contributed by atoms with Crippen LogP contribution in [0.2, 0.25) is 0 Å². The molecule has 15 heavy (non-hydrogen) atoms. The van der Waals surface area contributed by atoms with Gasteiger partial charge in [-0.3, -0.25) is 0 Å². The summed E-state index contributed by atoms with van der Waals surface area (Å²) in [6.07, 6.45) is -0.481. The molecule has 5 heteroatoms. The number of thiazole rings is 1. The van der Waals surface area contributed by atoms with Crippen LogP contribution >= 0.6 is 11.3 Å². The minimum absolute atomic E-state index is 0.260. The molecule has 1 aromatic carbocycles. The van der Waals surface area contributed by atoms with Crippen LogP contribution in [0.25, 0.3) is 10.2 Å². The van der Waals surface area contributed by atoms with Gasteiger partial charge in [0.05, 0.1) is 10.2 Å². The van der Waals surface area contributed by atoms with Crippen molar-refractivity contribution < 1.29 is 13.9 Å². The van der Waals surface area contributed by atoms with Gasteiger partial charge in [-0.15, -0.1) is 11.3 Å². The summed E-state index contributed by atoms with van der Waals surface area (Å²) in [6.45, 7) is 0. The number of benzene rings is 1. The summed E-state index contributed by atoms with van der Waals surface area (Å²) in [5, 5.41) is 0.695. The van der Waals surface area contributed by atoms with Crippen molar-refractivity contribution in [1.82, 2.24) is 4.98 Å². The fourth-order valence-corrected chi connectivity index (χ4v) is 2.36. The zero-order valence-corrected chi connectivity index (χ0v) is 9.18. The van der Waals surface area contributed by atoms with Gasteiger partial charge in [0, 0.05) is 14.2 Å². The van der Waals surface area contributed by atoms with E-state index in [0.29, 0.717) is 5.01 Å². The van der Waals surface area contributed by atoms with E-state index in [9.17, 15) is 4.39 Å². The second kappa shape index (κ2) is 4.22. The molecular weight excluding hydrogens is 217 g/mol. The number of rotatable bonds is 3. The molecule has 80 valence electrons. The Morgan fingerprint density at radius 3 is 2.73 bits per heavy atom. The van der Waals surface area contributed by atoms with E-state index < -0.39 is 6.29 Å². The maximum Gasteiger partial charge on any atom is 0.210 e. The molecule has 1 aromatic heterocycles. The number of ether oxygens (including phenoxy) is 2. The number of methoxy groups -OCH3 is 2. The average molecular weight is 227 g/mol. The Morgan fingerprint density at radius 2 is 2.07 bits per heavy atom. The topological polar surface area (TPSA) is 31.4 Å². The Kier molecular flexibility index (Phi) is 2.95. The van der Waals surface area contributed by atoms with Gasteiger partial charge in [-0.1, -0.05) is 0 Å². The van der Waals surface area contributed by atoms with Crippen LogP contribution in [0, 0.1) is 5.82 Å². The van der Waals surface area contributed by atoms with Crippen LogP contribution in [0.15, 0.2) is 18.2 Å². The van der Waals surface area contributed by atoms with E-state index in [4.69, 9.17) is 9.47 Å². The Bertz CT molecular complexity index is 467. The first-order chi connectivity index (χ1) is 7.24. The Balaban J connectivity index is 2.46. The highest BCUT2D eigenvalue weighted by Gasteiger charge is 2.14. The van der Waals surface area contributed by atoms with Gasteiger partial charge < -0.3 is 9.47 Å². The van der Waals surface area contributed by atoms with E-state index in [0.717, 1.165) is 10.2 Å². The average Bonchev–Trinajstić information content (AvgIpc) is 2.62. The van der Waals surface area contributed by atoms with E-state index >= 15 is 0 Å². The lowest BCUT2D eigenvalue weighted by Crippen LogP contribution is -2.02. The van der Waals surface area contributed by atoms with Crippen molar-refractivity contribution >= 4 is 21.6 Å². The number of halogens is 1. The fourth-order valence-electron chi connectivity index (χ4n) is 1.31. The number of hydrogen-bond donors (Lipinski definition) is 0. The summed E-state index contributed by atoms with van der Waals surface area (Å²) in [5.74, 6) is -0.260. The minimum Gasteiger partial charge on any atom is -0.350 e. The Morgan fingerprint density at radius 1 is 1.33 bits per heavy atom. The lowest BCUT2D eigenvalue weighted by Gasteiger charge is -2.08. The first-order valence-corrected chi connectivity index (χ1v) is 5.18. The molecule has 0 aliphatic rings. The molecule has 0 aliphatic heterocycles. The summed E-state index contributed by atoms with van der Waals surface area (Å²) in [6, 6.07) is 4.49. The van der Waals surface area contributed by atoms with Gasteiger partial charge in [0.15, 0.2) is 5.01 Å². The summed E-state index contributed by atoms with van der Waals surface area (Å²) < 4.78 is 23.9. The maximum absolute atomic E-state index is 12.9. The molecule has 0 radical (unpaired) electrons. The predicted octanol–water partition coefficient (Wildman–Crippen LogP) is 2.73. The Hall–Kier alpha value is -1.04. The molecule has 1 heterocycles. The molecule has 0 saturated heterocycles. The van der Waals surface area contributed by atoms with Gasteiger partial charge in [-0.05, 0) is 18.2 Å². The fraction of sp³-hybridized carbons (Fsp3) is 0.300. The van der Waals surface area contributed by atoms with Gasteiger partial charge in [0.2, 0.25) is 6.29 Å². The van der Waals surface area contributed by atoms with Gasteiger partial charge in [0.1, 0.15) is 5.82 Å². The lowest BCUT2D eigenvalue weighted by atomic mass is 10.3. The summed E-state index contributed by atoms with van der Waals surface area (Å²) in [4.78, 5) is 4.30. The molecule has 0 atom stereocenters. The summed E-state index contributed by atoms with van der Waals surface area (Å²) >= 11 is 1.37. The van der Waals surface area contributed by atoms with Crippen molar-refractivity contribution in [2.24, 2.45) is 0 Å². The molecule has 0 fully saturated rings. The predicted molar refractivity (Wildman–Crippen MR) is 56.3 cm³/mol.